The number of hydrogen-bond donors (Lipinski definition) is 2. The molecule has 3 nitrogen and oxygen atoms in total. The lowest BCUT2D eigenvalue weighted by atomic mass is 9.81. The highest BCUT2D eigenvalue weighted by Crippen LogP contribution is 2.27. The van der Waals surface area contributed by atoms with Crippen LogP contribution in [0.25, 0.3) is 0 Å². The van der Waals surface area contributed by atoms with Crippen LogP contribution in [0.1, 0.15) is 51.4 Å². The van der Waals surface area contributed by atoms with Gasteiger partial charge < -0.3 is 11.1 Å². The summed E-state index contributed by atoms with van der Waals surface area (Å²) >= 11 is 6.05. The Balaban J connectivity index is 0.00000361. The fraction of sp³-hybridized carbons (Fsp3) is 0.533. The number of nitrogens with two attached hydrogens (primary N) is 1. The summed E-state index contributed by atoms with van der Waals surface area (Å²) in [5, 5.41) is 3.40. The highest BCUT2D eigenvalue weighted by Gasteiger charge is 2.27. The molecule has 0 fully saturated rings. The van der Waals surface area contributed by atoms with Crippen molar-refractivity contribution < 1.29 is 4.79 Å². The zero-order chi connectivity index (χ0) is 14.8. The maximum atomic E-state index is 12.2. The van der Waals surface area contributed by atoms with E-state index in [0.29, 0.717) is 16.3 Å². The van der Waals surface area contributed by atoms with Crippen LogP contribution in [0.2, 0.25) is 5.02 Å². The molecular formula is C15H24Cl2N2O. The number of nitrogen functional groups attached to an aromatic ring is 1. The van der Waals surface area contributed by atoms with Gasteiger partial charge in [-0.2, -0.15) is 0 Å². The van der Waals surface area contributed by atoms with Gasteiger partial charge in [0.2, 0.25) is 0 Å². The van der Waals surface area contributed by atoms with E-state index < -0.39 is 0 Å². The maximum Gasteiger partial charge on any atom is 0.253 e. The SMILES string of the molecule is CC(C)(C)CC(C)(C)NC(=O)c1ccc(N)cc1Cl.Cl. The van der Waals surface area contributed by atoms with E-state index in [4.69, 9.17) is 17.3 Å². The molecule has 0 saturated heterocycles. The average Bonchev–Trinajstić information content (AvgIpc) is 2.11. The number of halogens is 2. The van der Waals surface area contributed by atoms with E-state index in [9.17, 15) is 4.79 Å². The van der Waals surface area contributed by atoms with Crippen molar-refractivity contribution in [3.05, 3.63) is 28.8 Å². The number of benzene rings is 1. The molecule has 0 heterocycles. The normalized spacial score (nSPS) is 11.7. The topological polar surface area (TPSA) is 55.1 Å². The highest BCUT2D eigenvalue weighted by atomic mass is 35.5. The standard InChI is InChI=1S/C15H23ClN2O.ClH/c1-14(2,3)9-15(4,5)18-13(19)11-7-6-10(17)8-12(11)16;/h6-8H,9,17H2,1-5H3,(H,18,19);1H. The zero-order valence-electron chi connectivity index (χ0n) is 12.7. The predicted molar refractivity (Wildman–Crippen MR) is 88.7 cm³/mol. The summed E-state index contributed by atoms with van der Waals surface area (Å²) in [4.78, 5) is 12.2. The molecule has 0 bridgehead atoms. The molecular weight excluding hydrogens is 295 g/mol. The van der Waals surface area contributed by atoms with Crippen LogP contribution in [-0.2, 0) is 0 Å². The Labute approximate surface area is 132 Å². The first kappa shape index (κ1) is 19.1. The fourth-order valence-electron chi connectivity index (χ4n) is 2.46. The Morgan fingerprint density at radius 1 is 1.25 bits per heavy atom. The molecule has 0 atom stereocenters. The van der Waals surface area contributed by atoms with Gasteiger partial charge in [0, 0.05) is 11.2 Å². The first-order chi connectivity index (χ1) is 8.50. The first-order valence-corrected chi connectivity index (χ1v) is 6.75. The molecule has 0 spiro atoms. The Morgan fingerprint density at radius 3 is 2.25 bits per heavy atom. The fourth-order valence-corrected chi connectivity index (χ4v) is 2.74. The number of carbonyl (C=O) groups excluding carboxylic acids is 1. The molecule has 0 aromatic heterocycles. The smallest absolute Gasteiger partial charge is 0.253 e. The lowest BCUT2D eigenvalue weighted by Gasteiger charge is -2.33. The summed E-state index contributed by atoms with van der Waals surface area (Å²) in [6.07, 6.45) is 0.873. The summed E-state index contributed by atoms with van der Waals surface area (Å²) in [6.45, 7) is 10.5. The molecule has 0 unspecified atom stereocenters. The minimum Gasteiger partial charge on any atom is -0.399 e. The third kappa shape index (κ3) is 6.02. The Bertz CT molecular complexity index is 479. The molecule has 5 heteroatoms. The molecule has 0 radical (unpaired) electrons. The van der Waals surface area contributed by atoms with Gasteiger partial charge in [-0.15, -0.1) is 12.4 Å². The Hall–Kier alpha value is -0.930. The summed E-state index contributed by atoms with van der Waals surface area (Å²) in [5.41, 5.74) is 6.48. The van der Waals surface area contributed by atoms with Gasteiger partial charge in [-0.05, 0) is 43.9 Å². The van der Waals surface area contributed by atoms with E-state index in [0.717, 1.165) is 6.42 Å². The summed E-state index contributed by atoms with van der Waals surface area (Å²) in [7, 11) is 0. The van der Waals surface area contributed by atoms with Crippen LogP contribution in [-0.4, -0.2) is 11.4 Å². The van der Waals surface area contributed by atoms with Crippen molar-refractivity contribution >= 4 is 35.6 Å². The lowest BCUT2D eigenvalue weighted by Crippen LogP contribution is -2.45. The van der Waals surface area contributed by atoms with Crippen molar-refractivity contribution in [2.45, 2.75) is 46.6 Å². The number of hydrogen-bond acceptors (Lipinski definition) is 2. The second-order valence-electron chi connectivity index (χ2n) is 6.81. The third-order valence-corrected chi connectivity index (χ3v) is 2.97. The van der Waals surface area contributed by atoms with Gasteiger partial charge in [-0.25, -0.2) is 0 Å². The van der Waals surface area contributed by atoms with E-state index in [1.54, 1.807) is 18.2 Å². The van der Waals surface area contributed by atoms with Gasteiger partial charge in [0.25, 0.3) is 5.91 Å². The van der Waals surface area contributed by atoms with Crippen LogP contribution in [0.4, 0.5) is 5.69 Å². The van der Waals surface area contributed by atoms with Crippen molar-refractivity contribution in [3.8, 4) is 0 Å². The van der Waals surface area contributed by atoms with Crippen molar-refractivity contribution in [3.63, 3.8) is 0 Å². The number of amides is 1. The van der Waals surface area contributed by atoms with Crippen molar-refractivity contribution in [1.29, 1.82) is 0 Å². The van der Waals surface area contributed by atoms with Crippen LogP contribution in [0.15, 0.2) is 18.2 Å². The second kappa shape index (κ2) is 6.68. The molecule has 1 aromatic carbocycles. The van der Waals surface area contributed by atoms with Crippen LogP contribution in [0, 0.1) is 5.41 Å². The van der Waals surface area contributed by atoms with Crippen molar-refractivity contribution in [2.24, 2.45) is 5.41 Å². The van der Waals surface area contributed by atoms with Gasteiger partial charge in [0.15, 0.2) is 0 Å². The maximum absolute atomic E-state index is 12.2. The minimum absolute atomic E-state index is 0. The molecule has 20 heavy (non-hydrogen) atoms. The number of carbonyl (C=O) groups is 1. The Kier molecular flexibility index (Phi) is 6.37. The first-order valence-electron chi connectivity index (χ1n) is 6.38. The van der Waals surface area contributed by atoms with Crippen LogP contribution in [0.5, 0.6) is 0 Å². The third-order valence-electron chi connectivity index (χ3n) is 2.66. The molecule has 3 N–H and O–H groups in total. The van der Waals surface area contributed by atoms with Gasteiger partial charge >= 0.3 is 0 Å². The van der Waals surface area contributed by atoms with E-state index >= 15 is 0 Å². The highest BCUT2D eigenvalue weighted by molar-refractivity contribution is 6.34. The summed E-state index contributed by atoms with van der Waals surface area (Å²) in [5.74, 6) is -0.167. The predicted octanol–water partition coefficient (Wildman–Crippen LogP) is 4.29. The second-order valence-corrected chi connectivity index (χ2v) is 7.22. The van der Waals surface area contributed by atoms with E-state index in [1.807, 2.05) is 13.8 Å². The van der Waals surface area contributed by atoms with Crippen molar-refractivity contribution in [2.75, 3.05) is 5.73 Å². The lowest BCUT2D eigenvalue weighted by molar-refractivity contribution is 0.0891. The van der Waals surface area contributed by atoms with E-state index in [2.05, 4.69) is 26.1 Å². The van der Waals surface area contributed by atoms with Crippen LogP contribution in [0.3, 0.4) is 0 Å². The molecule has 0 aliphatic carbocycles. The monoisotopic (exact) mass is 318 g/mol. The Morgan fingerprint density at radius 2 is 1.80 bits per heavy atom. The largest absolute Gasteiger partial charge is 0.399 e. The average molecular weight is 319 g/mol. The van der Waals surface area contributed by atoms with Gasteiger partial charge in [0.1, 0.15) is 0 Å². The van der Waals surface area contributed by atoms with E-state index in [1.165, 1.54) is 0 Å². The van der Waals surface area contributed by atoms with Gasteiger partial charge in [0.05, 0.1) is 10.6 Å². The summed E-state index contributed by atoms with van der Waals surface area (Å²) < 4.78 is 0. The molecule has 1 rings (SSSR count). The van der Waals surface area contributed by atoms with Crippen molar-refractivity contribution in [1.82, 2.24) is 5.32 Å². The van der Waals surface area contributed by atoms with Gasteiger partial charge in [-0.1, -0.05) is 32.4 Å². The number of rotatable bonds is 3. The molecule has 0 aliphatic heterocycles. The van der Waals surface area contributed by atoms with E-state index in [-0.39, 0.29) is 29.3 Å². The number of nitrogens with one attached hydrogen (secondary N) is 1. The summed E-state index contributed by atoms with van der Waals surface area (Å²) in [6, 6.07) is 4.92. The number of anilines is 1. The van der Waals surface area contributed by atoms with Crippen LogP contribution < -0.4 is 11.1 Å². The molecule has 1 amide bonds. The zero-order valence-corrected chi connectivity index (χ0v) is 14.3. The quantitative estimate of drug-likeness (QED) is 0.817. The van der Waals surface area contributed by atoms with Crippen LogP contribution >= 0.6 is 24.0 Å². The molecule has 114 valence electrons. The minimum atomic E-state index is -0.292. The molecule has 0 saturated carbocycles. The molecule has 0 aliphatic rings. The van der Waals surface area contributed by atoms with Gasteiger partial charge in [-0.3, -0.25) is 4.79 Å². The molecule has 1 aromatic rings.